The van der Waals surface area contributed by atoms with Gasteiger partial charge in [-0.3, -0.25) is 4.79 Å². The van der Waals surface area contributed by atoms with Gasteiger partial charge in [0.25, 0.3) is 0 Å². The maximum Gasteiger partial charge on any atom is 0.309 e. The summed E-state index contributed by atoms with van der Waals surface area (Å²) in [6.45, 7) is 1.68. The highest BCUT2D eigenvalue weighted by Gasteiger charge is 2.20. The van der Waals surface area contributed by atoms with Crippen molar-refractivity contribution in [3.63, 3.8) is 0 Å². The Labute approximate surface area is 90.7 Å². The number of ether oxygens (including phenoxy) is 2. The molecule has 1 saturated heterocycles. The number of aromatic nitrogens is 1. The van der Waals surface area contributed by atoms with Crippen LogP contribution in [0.25, 0.3) is 0 Å². The van der Waals surface area contributed by atoms with Gasteiger partial charge in [0.2, 0.25) is 0 Å². The van der Waals surface area contributed by atoms with Crippen molar-refractivity contribution in [3.05, 3.63) is 16.1 Å². The molecule has 5 nitrogen and oxygen atoms in total. The fourth-order valence-corrected chi connectivity index (χ4v) is 2.19. The average Bonchev–Trinajstić information content (AvgIpc) is 2.67. The molecule has 0 amide bonds. The topological polar surface area (TPSA) is 68.7 Å². The second-order valence-electron chi connectivity index (χ2n) is 3.18. The van der Waals surface area contributed by atoms with E-state index in [1.54, 1.807) is 5.38 Å². The van der Waals surface area contributed by atoms with E-state index in [0.29, 0.717) is 25.5 Å². The van der Waals surface area contributed by atoms with Crippen LogP contribution in [0.3, 0.4) is 0 Å². The molecule has 82 valence electrons. The largest absolute Gasteiger partial charge is 0.481 e. The standard InChI is InChI=1S/C9H11NO4S/c11-8(12)3-6-5-15-9(10-6)7-4-13-1-2-14-7/h5,7H,1-4H2,(H,11,12). The summed E-state index contributed by atoms with van der Waals surface area (Å²) in [5, 5.41) is 11.1. The Kier molecular flexibility index (Phi) is 3.30. The lowest BCUT2D eigenvalue weighted by atomic mass is 10.3. The summed E-state index contributed by atoms with van der Waals surface area (Å²) in [5.74, 6) is -0.868. The molecule has 1 aliphatic rings. The molecule has 15 heavy (non-hydrogen) atoms. The highest BCUT2D eigenvalue weighted by Crippen LogP contribution is 2.24. The summed E-state index contributed by atoms with van der Waals surface area (Å²) < 4.78 is 10.7. The Morgan fingerprint density at radius 2 is 2.53 bits per heavy atom. The van der Waals surface area contributed by atoms with Gasteiger partial charge in [0.05, 0.1) is 31.9 Å². The third-order valence-corrected chi connectivity index (χ3v) is 2.98. The van der Waals surface area contributed by atoms with Gasteiger partial charge in [-0.1, -0.05) is 0 Å². The van der Waals surface area contributed by atoms with Crippen LogP contribution in [0.1, 0.15) is 16.8 Å². The maximum atomic E-state index is 10.5. The van der Waals surface area contributed by atoms with E-state index < -0.39 is 5.97 Å². The molecule has 1 aromatic heterocycles. The van der Waals surface area contributed by atoms with Gasteiger partial charge in [-0.05, 0) is 0 Å². The highest BCUT2D eigenvalue weighted by atomic mass is 32.1. The second kappa shape index (κ2) is 4.69. The summed E-state index contributed by atoms with van der Waals surface area (Å²) in [7, 11) is 0. The SMILES string of the molecule is O=C(O)Cc1csc(C2COCCO2)n1. The van der Waals surface area contributed by atoms with E-state index in [4.69, 9.17) is 14.6 Å². The Morgan fingerprint density at radius 3 is 3.20 bits per heavy atom. The average molecular weight is 229 g/mol. The van der Waals surface area contributed by atoms with E-state index in [1.165, 1.54) is 11.3 Å². The molecule has 0 radical (unpaired) electrons. The van der Waals surface area contributed by atoms with Gasteiger partial charge in [0, 0.05) is 5.38 Å². The van der Waals surface area contributed by atoms with Crippen LogP contribution < -0.4 is 0 Å². The summed E-state index contributed by atoms with van der Waals surface area (Å²) in [4.78, 5) is 14.7. The zero-order valence-electron chi connectivity index (χ0n) is 8.01. The molecule has 2 rings (SSSR count). The van der Waals surface area contributed by atoms with Crippen molar-refractivity contribution in [1.82, 2.24) is 4.98 Å². The van der Waals surface area contributed by atoms with Crippen LogP contribution in [-0.2, 0) is 20.7 Å². The number of carboxylic acid groups (broad SMARTS) is 1. The van der Waals surface area contributed by atoms with Crippen LogP contribution in [0.5, 0.6) is 0 Å². The molecule has 1 N–H and O–H groups in total. The normalized spacial score (nSPS) is 21.5. The first-order valence-electron chi connectivity index (χ1n) is 4.61. The van der Waals surface area contributed by atoms with E-state index in [1.807, 2.05) is 0 Å². The first-order chi connectivity index (χ1) is 7.25. The zero-order chi connectivity index (χ0) is 10.7. The number of rotatable bonds is 3. The molecule has 0 spiro atoms. The van der Waals surface area contributed by atoms with Crippen molar-refractivity contribution in [2.45, 2.75) is 12.5 Å². The predicted octanol–water partition coefficient (Wildman–Crippen LogP) is 0.858. The number of aliphatic carboxylic acids is 1. The first kappa shape index (κ1) is 10.5. The second-order valence-corrected chi connectivity index (χ2v) is 4.07. The number of hydrogen-bond donors (Lipinski definition) is 1. The van der Waals surface area contributed by atoms with Crippen molar-refractivity contribution in [2.75, 3.05) is 19.8 Å². The van der Waals surface area contributed by atoms with Gasteiger partial charge in [-0.2, -0.15) is 0 Å². The first-order valence-corrected chi connectivity index (χ1v) is 5.49. The van der Waals surface area contributed by atoms with E-state index >= 15 is 0 Å². The van der Waals surface area contributed by atoms with Crippen molar-refractivity contribution in [1.29, 1.82) is 0 Å². The molecular formula is C9H11NO4S. The lowest BCUT2D eigenvalue weighted by Gasteiger charge is -2.20. The maximum absolute atomic E-state index is 10.5. The van der Waals surface area contributed by atoms with E-state index in [2.05, 4.69) is 4.98 Å². The molecule has 1 aliphatic heterocycles. The van der Waals surface area contributed by atoms with Gasteiger partial charge >= 0.3 is 5.97 Å². The number of nitrogens with zero attached hydrogens (tertiary/aromatic N) is 1. The van der Waals surface area contributed by atoms with E-state index in [-0.39, 0.29) is 12.5 Å². The monoisotopic (exact) mass is 229 g/mol. The lowest BCUT2D eigenvalue weighted by Crippen LogP contribution is -2.21. The third kappa shape index (κ3) is 2.74. The zero-order valence-corrected chi connectivity index (χ0v) is 8.83. The Bertz CT molecular complexity index is 346. The molecule has 6 heteroatoms. The molecule has 0 aromatic carbocycles. The minimum absolute atomic E-state index is 0.0376. The van der Waals surface area contributed by atoms with Gasteiger partial charge in [-0.25, -0.2) is 4.98 Å². The van der Waals surface area contributed by atoms with Gasteiger partial charge in [0.1, 0.15) is 11.1 Å². The number of carboxylic acids is 1. The number of carbonyl (C=O) groups is 1. The Hall–Kier alpha value is -0.980. The van der Waals surface area contributed by atoms with Crippen LogP contribution in [0.15, 0.2) is 5.38 Å². The molecule has 1 aromatic rings. The van der Waals surface area contributed by atoms with Crippen LogP contribution in [0.4, 0.5) is 0 Å². The number of thiazole rings is 1. The molecule has 2 heterocycles. The smallest absolute Gasteiger partial charge is 0.309 e. The predicted molar refractivity (Wildman–Crippen MR) is 53.0 cm³/mol. The summed E-state index contributed by atoms with van der Waals surface area (Å²) in [6, 6.07) is 0. The van der Waals surface area contributed by atoms with Crippen LogP contribution in [-0.4, -0.2) is 35.9 Å². The molecular weight excluding hydrogens is 218 g/mol. The minimum Gasteiger partial charge on any atom is -0.481 e. The van der Waals surface area contributed by atoms with Crippen molar-refractivity contribution < 1.29 is 19.4 Å². The van der Waals surface area contributed by atoms with Gasteiger partial charge < -0.3 is 14.6 Å². The van der Waals surface area contributed by atoms with Crippen LogP contribution in [0, 0.1) is 0 Å². The molecule has 1 fully saturated rings. The van der Waals surface area contributed by atoms with Crippen molar-refractivity contribution >= 4 is 17.3 Å². The van der Waals surface area contributed by atoms with Crippen molar-refractivity contribution in [2.24, 2.45) is 0 Å². The summed E-state index contributed by atoms with van der Waals surface area (Å²) in [5.41, 5.74) is 0.580. The van der Waals surface area contributed by atoms with Crippen molar-refractivity contribution in [3.8, 4) is 0 Å². The molecule has 0 bridgehead atoms. The molecule has 1 unspecified atom stereocenters. The van der Waals surface area contributed by atoms with Gasteiger partial charge in [0.15, 0.2) is 0 Å². The van der Waals surface area contributed by atoms with E-state index in [0.717, 1.165) is 5.01 Å². The van der Waals surface area contributed by atoms with E-state index in [9.17, 15) is 4.79 Å². The third-order valence-electron chi connectivity index (χ3n) is 1.99. The Morgan fingerprint density at radius 1 is 1.67 bits per heavy atom. The van der Waals surface area contributed by atoms with Crippen LogP contribution >= 0.6 is 11.3 Å². The molecule has 0 aliphatic carbocycles. The quantitative estimate of drug-likeness (QED) is 0.832. The highest BCUT2D eigenvalue weighted by molar-refractivity contribution is 7.09. The Balaban J connectivity index is 2.02. The number of hydrogen-bond acceptors (Lipinski definition) is 5. The summed E-state index contributed by atoms with van der Waals surface area (Å²) >= 11 is 1.42. The van der Waals surface area contributed by atoms with Crippen LogP contribution in [0.2, 0.25) is 0 Å². The fourth-order valence-electron chi connectivity index (χ4n) is 1.34. The van der Waals surface area contributed by atoms with Gasteiger partial charge in [-0.15, -0.1) is 11.3 Å². The summed E-state index contributed by atoms with van der Waals surface area (Å²) in [6.07, 6.45) is -0.171. The minimum atomic E-state index is -0.868. The fraction of sp³-hybridized carbons (Fsp3) is 0.556. The lowest BCUT2D eigenvalue weighted by molar-refractivity contribution is -0.136. The molecule has 1 atom stereocenters. The molecule has 0 saturated carbocycles.